The Morgan fingerprint density at radius 3 is 2.50 bits per heavy atom. The lowest BCUT2D eigenvalue weighted by molar-refractivity contribution is -0.137. The Morgan fingerprint density at radius 2 is 2.00 bits per heavy atom. The monoisotopic (exact) mass is 283 g/mol. The minimum Gasteiger partial charge on any atom is -0.481 e. The van der Waals surface area contributed by atoms with Gasteiger partial charge in [0.2, 0.25) is 5.91 Å². The third kappa shape index (κ3) is 2.64. The normalized spacial score (nSPS) is 16.3. The van der Waals surface area contributed by atoms with E-state index in [0.29, 0.717) is 12.8 Å². The summed E-state index contributed by atoms with van der Waals surface area (Å²) in [5.74, 6) is -2.83. The Bertz CT molecular complexity index is 541. The second kappa shape index (κ2) is 5.56. The van der Waals surface area contributed by atoms with Crippen molar-refractivity contribution >= 4 is 11.9 Å². The summed E-state index contributed by atoms with van der Waals surface area (Å²) in [4.78, 5) is 22.6. The van der Waals surface area contributed by atoms with Crippen molar-refractivity contribution in [2.75, 3.05) is 6.54 Å². The topological polar surface area (TPSA) is 66.4 Å². The average molecular weight is 283 g/mol. The molecule has 0 unspecified atom stereocenters. The van der Waals surface area contributed by atoms with Crippen LogP contribution < -0.4 is 5.32 Å². The van der Waals surface area contributed by atoms with E-state index in [-0.39, 0.29) is 18.5 Å². The third-order valence-corrected chi connectivity index (χ3v) is 3.71. The molecule has 4 nitrogen and oxygen atoms in total. The van der Waals surface area contributed by atoms with Gasteiger partial charge in [-0.2, -0.15) is 0 Å². The largest absolute Gasteiger partial charge is 0.481 e. The summed E-state index contributed by atoms with van der Waals surface area (Å²) in [6, 6.07) is 3.18. The van der Waals surface area contributed by atoms with Crippen LogP contribution in [0.2, 0.25) is 0 Å². The van der Waals surface area contributed by atoms with E-state index in [4.69, 9.17) is 5.11 Å². The summed E-state index contributed by atoms with van der Waals surface area (Å²) in [6.45, 7) is -0.00126. The van der Waals surface area contributed by atoms with Crippen molar-refractivity contribution in [3.8, 4) is 0 Å². The molecule has 2 N–H and O–H groups in total. The lowest BCUT2D eigenvalue weighted by atomic mass is 9.63. The highest BCUT2D eigenvalue weighted by atomic mass is 19.1. The predicted molar refractivity (Wildman–Crippen MR) is 67.1 cm³/mol. The van der Waals surface area contributed by atoms with Gasteiger partial charge < -0.3 is 10.4 Å². The van der Waals surface area contributed by atoms with Gasteiger partial charge in [-0.05, 0) is 18.9 Å². The number of carbonyl (C=O) groups excluding carboxylic acids is 1. The number of carboxylic acids is 1. The van der Waals surface area contributed by atoms with Gasteiger partial charge in [-0.3, -0.25) is 9.59 Å². The van der Waals surface area contributed by atoms with Gasteiger partial charge in [0.05, 0.1) is 11.8 Å². The Kier molecular flexibility index (Phi) is 4.01. The smallest absolute Gasteiger partial charge is 0.305 e. The highest BCUT2D eigenvalue weighted by Crippen LogP contribution is 2.45. The standard InChI is InChI=1S/C14H15F2NO3/c15-9-2-3-10(11(16)8-9)14(5-1-6-14)13(20)17-7-4-12(18)19/h2-3,8H,1,4-7H2,(H,17,20)(H,18,19). The molecular formula is C14H15F2NO3. The molecule has 0 aliphatic heterocycles. The van der Waals surface area contributed by atoms with Crippen molar-refractivity contribution in [1.82, 2.24) is 5.32 Å². The Morgan fingerprint density at radius 1 is 1.30 bits per heavy atom. The second-order valence-electron chi connectivity index (χ2n) is 4.96. The van der Waals surface area contributed by atoms with Crippen molar-refractivity contribution in [1.29, 1.82) is 0 Å². The minimum absolute atomic E-state index is 0.00126. The molecule has 0 atom stereocenters. The van der Waals surface area contributed by atoms with Crippen molar-refractivity contribution in [2.45, 2.75) is 31.1 Å². The zero-order valence-electron chi connectivity index (χ0n) is 10.8. The number of benzene rings is 1. The summed E-state index contributed by atoms with van der Waals surface area (Å²) < 4.78 is 26.8. The molecule has 0 radical (unpaired) electrons. The fraction of sp³-hybridized carbons (Fsp3) is 0.429. The van der Waals surface area contributed by atoms with Crippen molar-refractivity contribution in [3.63, 3.8) is 0 Å². The van der Waals surface area contributed by atoms with Gasteiger partial charge in [-0.25, -0.2) is 8.78 Å². The maximum Gasteiger partial charge on any atom is 0.305 e. The fourth-order valence-electron chi connectivity index (χ4n) is 2.48. The van der Waals surface area contributed by atoms with Gasteiger partial charge in [0.1, 0.15) is 11.6 Å². The molecule has 0 aromatic heterocycles. The quantitative estimate of drug-likeness (QED) is 0.868. The van der Waals surface area contributed by atoms with Crippen LogP contribution in [0.15, 0.2) is 18.2 Å². The van der Waals surface area contributed by atoms with Gasteiger partial charge in [0.15, 0.2) is 0 Å². The van der Waals surface area contributed by atoms with Crippen molar-refractivity contribution in [3.05, 3.63) is 35.4 Å². The summed E-state index contributed by atoms with van der Waals surface area (Å²) in [5, 5.41) is 11.1. The van der Waals surface area contributed by atoms with Gasteiger partial charge in [0.25, 0.3) is 0 Å². The number of hydrogen-bond acceptors (Lipinski definition) is 2. The number of carboxylic acid groups (broad SMARTS) is 1. The van der Waals surface area contributed by atoms with Gasteiger partial charge in [-0.15, -0.1) is 0 Å². The molecule has 1 amide bonds. The first-order valence-corrected chi connectivity index (χ1v) is 6.41. The zero-order chi connectivity index (χ0) is 14.8. The summed E-state index contributed by atoms with van der Waals surface area (Å²) in [5.41, 5.74) is -0.811. The van der Waals surface area contributed by atoms with E-state index in [2.05, 4.69) is 5.32 Å². The first-order valence-electron chi connectivity index (χ1n) is 6.41. The van der Waals surface area contributed by atoms with E-state index in [1.807, 2.05) is 0 Å². The van der Waals surface area contributed by atoms with Crippen molar-refractivity contribution in [2.24, 2.45) is 0 Å². The molecule has 108 valence electrons. The van der Waals surface area contributed by atoms with E-state index in [9.17, 15) is 18.4 Å². The molecule has 1 aromatic rings. The lowest BCUT2D eigenvalue weighted by Crippen LogP contribution is -2.50. The van der Waals surface area contributed by atoms with Crippen LogP contribution in [-0.2, 0) is 15.0 Å². The van der Waals surface area contributed by atoms with Gasteiger partial charge >= 0.3 is 5.97 Å². The number of halogens is 2. The van der Waals surface area contributed by atoms with Crippen LogP contribution in [-0.4, -0.2) is 23.5 Å². The number of nitrogens with one attached hydrogen (secondary N) is 1. The number of aliphatic carboxylic acids is 1. The van der Waals surface area contributed by atoms with Crippen LogP contribution in [0.3, 0.4) is 0 Å². The lowest BCUT2D eigenvalue weighted by Gasteiger charge is -2.40. The first-order chi connectivity index (χ1) is 9.45. The molecule has 0 spiro atoms. The summed E-state index contributed by atoms with van der Waals surface area (Å²) in [6.07, 6.45) is 1.56. The van der Waals surface area contributed by atoms with E-state index < -0.39 is 28.9 Å². The molecule has 6 heteroatoms. The van der Waals surface area contributed by atoms with E-state index in [1.165, 1.54) is 6.07 Å². The van der Waals surface area contributed by atoms with Crippen LogP contribution >= 0.6 is 0 Å². The van der Waals surface area contributed by atoms with E-state index >= 15 is 0 Å². The molecule has 1 aliphatic carbocycles. The Labute approximate surface area is 114 Å². The van der Waals surface area contributed by atoms with Gasteiger partial charge in [0, 0.05) is 18.2 Å². The molecule has 1 aromatic carbocycles. The van der Waals surface area contributed by atoms with E-state index in [1.54, 1.807) is 0 Å². The Balaban J connectivity index is 2.16. The summed E-state index contributed by atoms with van der Waals surface area (Å²) >= 11 is 0. The van der Waals surface area contributed by atoms with Crippen LogP contribution in [0.4, 0.5) is 8.78 Å². The third-order valence-electron chi connectivity index (χ3n) is 3.71. The Hall–Kier alpha value is -1.98. The number of hydrogen-bond donors (Lipinski definition) is 2. The number of amides is 1. The summed E-state index contributed by atoms with van der Waals surface area (Å²) in [7, 11) is 0. The second-order valence-corrected chi connectivity index (χ2v) is 4.96. The molecule has 2 rings (SSSR count). The van der Waals surface area contributed by atoms with E-state index in [0.717, 1.165) is 18.6 Å². The first kappa shape index (κ1) is 14.4. The maximum atomic E-state index is 13.9. The van der Waals surface area contributed by atoms with Crippen LogP contribution in [0.1, 0.15) is 31.2 Å². The minimum atomic E-state index is -1.01. The number of rotatable bonds is 5. The molecule has 1 aliphatic rings. The van der Waals surface area contributed by atoms with Gasteiger partial charge in [-0.1, -0.05) is 12.5 Å². The molecule has 0 heterocycles. The average Bonchev–Trinajstić information content (AvgIpc) is 2.30. The predicted octanol–water partition coefficient (Wildman–Crippen LogP) is 1.98. The zero-order valence-corrected chi connectivity index (χ0v) is 10.8. The maximum absolute atomic E-state index is 13.9. The van der Waals surface area contributed by atoms with Crippen molar-refractivity contribution < 1.29 is 23.5 Å². The highest BCUT2D eigenvalue weighted by molar-refractivity contribution is 5.89. The molecule has 0 saturated heterocycles. The molecular weight excluding hydrogens is 268 g/mol. The van der Waals surface area contributed by atoms with Crippen LogP contribution in [0.25, 0.3) is 0 Å². The molecule has 1 fully saturated rings. The molecule has 1 saturated carbocycles. The number of carbonyl (C=O) groups is 2. The fourth-order valence-corrected chi connectivity index (χ4v) is 2.48. The van der Waals surface area contributed by atoms with Crippen LogP contribution in [0, 0.1) is 11.6 Å². The molecule has 0 bridgehead atoms. The highest BCUT2D eigenvalue weighted by Gasteiger charge is 2.47. The molecule has 20 heavy (non-hydrogen) atoms. The SMILES string of the molecule is O=C(O)CCNC(=O)C1(c2ccc(F)cc2F)CCC1. The van der Waals surface area contributed by atoms with Crippen LogP contribution in [0.5, 0.6) is 0 Å².